The number of aryl methyl sites for hydroxylation is 3. The molecule has 0 aliphatic carbocycles. The van der Waals surface area contributed by atoms with Crippen LogP contribution in [0.3, 0.4) is 0 Å². The molecule has 0 bridgehead atoms. The van der Waals surface area contributed by atoms with E-state index in [0.29, 0.717) is 16.1 Å². The Kier molecular flexibility index (Phi) is 5.22. The molecule has 152 valence electrons. The highest BCUT2D eigenvalue weighted by Gasteiger charge is 2.35. The van der Waals surface area contributed by atoms with Crippen LogP contribution in [0.25, 0.3) is 0 Å². The number of halogens is 1. The summed E-state index contributed by atoms with van der Waals surface area (Å²) in [6, 6.07) is 18.0. The minimum atomic E-state index is -0.538. The van der Waals surface area contributed by atoms with Crippen molar-refractivity contribution >= 4 is 29.1 Å². The molecule has 6 heteroatoms. The highest BCUT2D eigenvalue weighted by Crippen LogP contribution is 2.35. The lowest BCUT2D eigenvalue weighted by Crippen LogP contribution is -2.53. The van der Waals surface area contributed by atoms with E-state index in [2.05, 4.69) is 22.9 Å². The molecule has 1 heterocycles. The number of benzene rings is 3. The molecule has 2 N–H and O–H groups in total. The molecule has 1 unspecified atom stereocenters. The topological polar surface area (TPSA) is 61.4 Å². The molecule has 3 aromatic carbocycles. The third-order valence-corrected chi connectivity index (χ3v) is 5.52. The van der Waals surface area contributed by atoms with Crippen LogP contribution in [-0.2, 0) is 0 Å². The number of hydrogen-bond acceptors (Lipinski definition) is 3. The molecular weight excluding hydrogens is 398 g/mol. The SMILES string of the molecule is Cc1cc(C)c(C2Nc3ccccc3C(=O)N2NC(=O)c2ccc(Cl)cc2)c(C)c1. The molecule has 1 atom stereocenters. The molecule has 0 spiro atoms. The number of fused-ring (bicyclic) bond motifs is 1. The standard InChI is InChI=1S/C24H22ClN3O2/c1-14-12-15(2)21(16(3)13-14)22-26-20-7-5-4-6-19(20)24(30)28(22)27-23(29)17-8-10-18(25)11-9-17/h4-13,22,26H,1-3H3,(H,27,29). The first kappa shape index (κ1) is 20.0. The Morgan fingerprint density at radius 1 is 1.00 bits per heavy atom. The summed E-state index contributed by atoms with van der Waals surface area (Å²) in [5, 5.41) is 5.35. The van der Waals surface area contributed by atoms with Gasteiger partial charge in [0.2, 0.25) is 0 Å². The van der Waals surface area contributed by atoms with Crippen LogP contribution in [0, 0.1) is 20.8 Å². The summed E-state index contributed by atoms with van der Waals surface area (Å²) in [7, 11) is 0. The van der Waals surface area contributed by atoms with Crippen molar-refractivity contribution in [1.82, 2.24) is 10.4 Å². The molecule has 4 rings (SSSR count). The summed E-state index contributed by atoms with van der Waals surface area (Å²) in [5.41, 5.74) is 8.66. The van der Waals surface area contributed by atoms with Crippen molar-refractivity contribution in [2.45, 2.75) is 26.9 Å². The Morgan fingerprint density at radius 3 is 2.30 bits per heavy atom. The Bertz CT molecular complexity index is 1120. The number of rotatable bonds is 3. The van der Waals surface area contributed by atoms with Gasteiger partial charge in [-0.05, 0) is 68.3 Å². The van der Waals surface area contributed by atoms with Gasteiger partial charge in [-0.25, -0.2) is 5.01 Å². The Hall–Kier alpha value is -3.31. The van der Waals surface area contributed by atoms with E-state index in [1.165, 1.54) is 5.01 Å². The molecule has 5 nitrogen and oxygen atoms in total. The quantitative estimate of drug-likeness (QED) is 0.615. The minimum Gasteiger partial charge on any atom is -0.359 e. The highest BCUT2D eigenvalue weighted by molar-refractivity contribution is 6.30. The highest BCUT2D eigenvalue weighted by atomic mass is 35.5. The van der Waals surface area contributed by atoms with E-state index in [4.69, 9.17) is 11.6 Å². The number of nitrogens with one attached hydrogen (secondary N) is 2. The van der Waals surface area contributed by atoms with E-state index in [1.54, 1.807) is 36.4 Å². The van der Waals surface area contributed by atoms with Crippen molar-refractivity contribution < 1.29 is 9.59 Å². The van der Waals surface area contributed by atoms with E-state index in [9.17, 15) is 9.59 Å². The molecule has 3 aromatic rings. The van der Waals surface area contributed by atoms with Gasteiger partial charge in [-0.15, -0.1) is 0 Å². The van der Waals surface area contributed by atoms with Gasteiger partial charge in [0.05, 0.1) is 5.56 Å². The van der Waals surface area contributed by atoms with E-state index < -0.39 is 6.17 Å². The number of anilines is 1. The molecule has 2 amide bonds. The lowest BCUT2D eigenvalue weighted by atomic mass is 9.95. The fourth-order valence-corrected chi connectivity index (χ4v) is 4.09. The van der Waals surface area contributed by atoms with Gasteiger partial charge in [-0.2, -0.15) is 0 Å². The molecule has 0 radical (unpaired) electrons. The number of carbonyl (C=O) groups is 2. The van der Waals surface area contributed by atoms with Crippen molar-refractivity contribution in [3.05, 3.63) is 99.1 Å². The number of amides is 2. The number of hydrazine groups is 1. The Balaban J connectivity index is 1.77. The van der Waals surface area contributed by atoms with Gasteiger partial charge in [0.15, 0.2) is 0 Å². The van der Waals surface area contributed by atoms with Gasteiger partial charge in [-0.1, -0.05) is 41.4 Å². The third kappa shape index (κ3) is 3.64. The maximum atomic E-state index is 13.4. The van der Waals surface area contributed by atoms with E-state index >= 15 is 0 Å². The Morgan fingerprint density at radius 2 is 1.63 bits per heavy atom. The maximum Gasteiger partial charge on any atom is 0.276 e. The summed E-state index contributed by atoms with van der Waals surface area (Å²) in [5.74, 6) is -0.648. The molecule has 0 saturated carbocycles. The first-order chi connectivity index (χ1) is 14.3. The fraction of sp³-hybridized carbons (Fsp3) is 0.167. The number of para-hydroxylation sites is 1. The molecule has 0 saturated heterocycles. The molecule has 1 aliphatic rings. The largest absolute Gasteiger partial charge is 0.359 e. The van der Waals surface area contributed by atoms with Crippen molar-refractivity contribution in [2.75, 3.05) is 5.32 Å². The smallest absolute Gasteiger partial charge is 0.276 e. The first-order valence-corrected chi connectivity index (χ1v) is 10.1. The fourth-order valence-electron chi connectivity index (χ4n) is 3.97. The van der Waals surface area contributed by atoms with Crippen LogP contribution in [-0.4, -0.2) is 16.8 Å². The maximum absolute atomic E-state index is 13.4. The number of carbonyl (C=O) groups excluding carboxylic acids is 2. The van der Waals surface area contributed by atoms with Gasteiger partial charge in [-0.3, -0.25) is 15.0 Å². The van der Waals surface area contributed by atoms with E-state index in [1.807, 2.05) is 32.9 Å². The van der Waals surface area contributed by atoms with Crippen LogP contribution in [0.1, 0.15) is 49.1 Å². The van der Waals surface area contributed by atoms with Gasteiger partial charge in [0.25, 0.3) is 11.8 Å². The lowest BCUT2D eigenvalue weighted by molar-refractivity contribution is 0.0489. The van der Waals surface area contributed by atoms with Crippen LogP contribution in [0.2, 0.25) is 5.02 Å². The Labute approximate surface area is 180 Å². The molecule has 0 aromatic heterocycles. The van der Waals surface area contributed by atoms with E-state index in [0.717, 1.165) is 27.9 Å². The summed E-state index contributed by atoms with van der Waals surface area (Å²) < 4.78 is 0. The van der Waals surface area contributed by atoms with Gasteiger partial charge in [0.1, 0.15) is 6.17 Å². The zero-order chi connectivity index (χ0) is 21.4. The van der Waals surface area contributed by atoms with Crippen LogP contribution in [0.4, 0.5) is 5.69 Å². The van der Waals surface area contributed by atoms with Gasteiger partial charge in [0, 0.05) is 21.8 Å². The minimum absolute atomic E-state index is 0.268. The average Bonchev–Trinajstić information content (AvgIpc) is 2.70. The van der Waals surface area contributed by atoms with Crippen LogP contribution < -0.4 is 10.7 Å². The van der Waals surface area contributed by atoms with E-state index in [-0.39, 0.29) is 11.8 Å². The number of hydrogen-bond donors (Lipinski definition) is 2. The lowest BCUT2D eigenvalue weighted by Gasteiger charge is -2.39. The molecule has 30 heavy (non-hydrogen) atoms. The van der Waals surface area contributed by atoms with Crippen molar-refractivity contribution in [1.29, 1.82) is 0 Å². The van der Waals surface area contributed by atoms with Crippen LogP contribution in [0.5, 0.6) is 0 Å². The molecule has 1 aliphatic heterocycles. The predicted molar refractivity (Wildman–Crippen MR) is 119 cm³/mol. The molecule has 0 fully saturated rings. The summed E-state index contributed by atoms with van der Waals surface area (Å²) in [6.07, 6.45) is -0.538. The average molecular weight is 420 g/mol. The normalized spacial score (nSPS) is 15.4. The number of nitrogens with zero attached hydrogens (tertiary/aromatic N) is 1. The summed E-state index contributed by atoms with van der Waals surface area (Å²) in [4.78, 5) is 26.3. The first-order valence-electron chi connectivity index (χ1n) is 9.68. The predicted octanol–water partition coefficient (Wildman–Crippen LogP) is 5.18. The van der Waals surface area contributed by atoms with Crippen molar-refractivity contribution in [3.8, 4) is 0 Å². The van der Waals surface area contributed by atoms with Crippen molar-refractivity contribution in [2.24, 2.45) is 0 Å². The molecular formula is C24H22ClN3O2. The zero-order valence-corrected chi connectivity index (χ0v) is 17.7. The summed E-state index contributed by atoms with van der Waals surface area (Å²) in [6.45, 7) is 6.07. The second-order valence-corrected chi connectivity index (χ2v) is 7.96. The van der Waals surface area contributed by atoms with Crippen LogP contribution >= 0.6 is 11.6 Å². The third-order valence-electron chi connectivity index (χ3n) is 5.27. The van der Waals surface area contributed by atoms with Gasteiger partial charge < -0.3 is 5.32 Å². The second-order valence-electron chi connectivity index (χ2n) is 7.53. The second kappa shape index (κ2) is 7.84. The summed E-state index contributed by atoms with van der Waals surface area (Å²) >= 11 is 5.93. The monoisotopic (exact) mass is 419 g/mol. The van der Waals surface area contributed by atoms with Crippen LogP contribution in [0.15, 0.2) is 60.7 Å². The van der Waals surface area contributed by atoms with Gasteiger partial charge >= 0.3 is 0 Å². The van der Waals surface area contributed by atoms with Crippen molar-refractivity contribution in [3.63, 3.8) is 0 Å². The zero-order valence-electron chi connectivity index (χ0n) is 17.0.